The number of aromatic amines is 1. The fraction of sp³-hybridized carbons (Fsp3) is 0.444. The van der Waals surface area contributed by atoms with E-state index < -0.39 is 11.6 Å². The summed E-state index contributed by atoms with van der Waals surface area (Å²) >= 11 is 0. The summed E-state index contributed by atoms with van der Waals surface area (Å²) in [5, 5.41) is 0. The Labute approximate surface area is 139 Å². The molecule has 1 aromatic heterocycles. The van der Waals surface area contributed by atoms with E-state index >= 15 is 0 Å². The monoisotopic (exact) mass is 333 g/mol. The van der Waals surface area contributed by atoms with Crippen molar-refractivity contribution < 1.29 is 8.78 Å². The Morgan fingerprint density at radius 3 is 2.79 bits per heavy atom. The van der Waals surface area contributed by atoms with Crippen LogP contribution in [-0.2, 0) is 6.54 Å². The molecule has 2 heterocycles. The molecule has 3 rings (SSSR count). The van der Waals surface area contributed by atoms with E-state index in [0.717, 1.165) is 49.1 Å². The van der Waals surface area contributed by atoms with Crippen LogP contribution < -0.4 is 5.56 Å². The van der Waals surface area contributed by atoms with E-state index in [2.05, 4.69) is 14.9 Å². The Hall–Kier alpha value is -2.08. The van der Waals surface area contributed by atoms with Crippen LogP contribution in [0.3, 0.4) is 0 Å². The third kappa shape index (κ3) is 3.53. The number of nitrogens with zero attached hydrogens (tertiary/aromatic N) is 2. The maximum Gasteiger partial charge on any atom is 0.254 e. The molecular weight excluding hydrogens is 312 g/mol. The first-order valence-electron chi connectivity index (χ1n) is 8.17. The highest BCUT2D eigenvalue weighted by molar-refractivity contribution is 5.19. The van der Waals surface area contributed by atoms with Gasteiger partial charge in [0.25, 0.3) is 5.56 Å². The number of piperidine rings is 1. The van der Waals surface area contributed by atoms with Crippen LogP contribution in [0.4, 0.5) is 8.78 Å². The summed E-state index contributed by atoms with van der Waals surface area (Å²) in [5.74, 6) is -0.775. The number of nitrogens with one attached hydrogen (secondary N) is 1. The Kier molecular flexibility index (Phi) is 4.76. The first kappa shape index (κ1) is 16.8. The van der Waals surface area contributed by atoms with Gasteiger partial charge in [-0.2, -0.15) is 0 Å². The normalized spacial score (nSPS) is 18.8. The number of aromatic nitrogens is 2. The van der Waals surface area contributed by atoms with E-state index in [1.54, 1.807) is 13.0 Å². The first-order chi connectivity index (χ1) is 11.4. The molecule has 1 aromatic carbocycles. The molecule has 0 aliphatic carbocycles. The third-order valence-corrected chi connectivity index (χ3v) is 4.70. The zero-order valence-electron chi connectivity index (χ0n) is 13.9. The second kappa shape index (κ2) is 6.81. The molecule has 0 amide bonds. The van der Waals surface area contributed by atoms with Crippen molar-refractivity contribution in [3.63, 3.8) is 0 Å². The lowest BCUT2D eigenvalue weighted by Crippen LogP contribution is -2.35. The molecule has 1 aliphatic heterocycles. The average molecular weight is 333 g/mol. The van der Waals surface area contributed by atoms with Crippen molar-refractivity contribution in [3.8, 4) is 0 Å². The fourth-order valence-corrected chi connectivity index (χ4v) is 3.18. The molecule has 4 nitrogen and oxygen atoms in total. The molecule has 1 atom stereocenters. The van der Waals surface area contributed by atoms with Crippen molar-refractivity contribution in [2.24, 2.45) is 0 Å². The number of H-pyrrole nitrogens is 1. The van der Waals surface area contributed by atoms with Crippen LogP contribution in [-0.4, -0.2) is 28.0 Å². The lowest BCUT2D eigenvalue weighted by atomic mass is 9.96. The van der Waals surface area contributed by atoms with Crippen LogP contribution in [0.25, 0.3) is 0 Å². The summed E-state index contributed by atoms with van der Waals surface area (Å²) in [6.45, 7) is 5.80. The van der Waals surface area contributed by atoms with Gasteiger partial charge < -0.3 is 4.98 Å². The highest BCUT2D eigenvalue weighted by Crippen LogP contribution is 2.25. The molecule has 128 valence electrons. The number of benzene rings is 1. The van der Waals surface area contributed by atoms with Crippen LogP contribution >= 0.6 is 0 Å². The van der Waals surface area contributed by atoms with E-state index in [-0.39, 0.29) is 11.5 Å². The summed E-state index contributed by atoms with van der Waals surface area (Å²) in [7, 11) is 0. The van der Waals surface area contributed by atoms with Gasteiger partial charge in [0.1, 0.15) is 5.82 Å². The van der Waals surface area contributed by atoms with E-state index in [1.165, 1.54) is 6.07 Å². The number of halogens is 2. The zero-order chi connectivity index (χ0) is 17.3. The molecule has 1 aliphatic rings. The molecule has 0 unspecified atom stereocenters. The van der Waals surface area contributed by atoms with Gasteiger partial charge in [0.05, 0.1) is 0 Å². The van der Waals surface area contributed by atoms with Crippen molar-refractivity contribution in [2.45, 2.75) is 39.2 Å². The predicted molar refractivity (Wildman–Crippen MR) is 87.9 cm³/mol. The van der Waals surface area contributed by atoms with Gasteiger partial charge in [-0.15, -0.1) is 0 Å². The molecule has 2 aromatic rings. The van der Waals surface area contributed by atoms with E-state index in [0.29, 0.717) is 12.1 Å². The number of rotatable bonds is 3. The van der Waals surface area contributed by atoms with Crippen LogP contribution in [0.1, 0.15) is 41.4 Å². The van der Waals surface area contributed by atoms with Gasteiger partial charge in [-0.25, -0.2) is 13.8 Å². The second-order valence-corrected chi connectivity index (χ2v) is 6.48. The van der Waals surface area contributed by atoms with Crippen LogP contribution in [0.15, 0.2) is 23.0 Å². The van der Waals surface area contributed by atoms with Gasteiger partial charge in [-0.1, -0.05) is 6.07 Å². The van der Waals surface area contributed by atoms with Gasteiger partial charge >= 0.3 is 0 Å². The molecule has 0 radical (unpaired) electrons. The van der Waals surface area contributed by atoms with Gasteiger partial charge in [0, 0.05) is 30.3 Å². The zero-order valence-corrected chi connectivity index (χ0v) is 13.9. The SMILES string of the molecule is Cc1nc([C@@H]2CCCN(Cc3ccc(F)c(F)c3)C2)[nH]c(=O)c1C. The number of likely N-dealkylation sites (tertiary alicyclic amines) is 1. The lowest BCUT2D eigenvalue weighted by Gasteiger charge is -2.32. The maximum absolute atomic E-state index is 13.4. The number of aryl methyl sites for hydroxylation is 1. The molecule has 0 saturated carbocycles. The summed E-state index contributed by atoms with van der Waals surface area (Å²) in [6, 6.07) is 4.02. The van der Waals surface area contributed by atoms with E-state index in [9.17, 15) is 13.6 Å². The minimum Gasteiger partial charge on any atom is -0.310 e. The first-order valence-corrected chi connectivity index (χ1v) is 8.17. The minimum absolute atomic E-state index is 0.0878. The Bertz CT molecular complexity index is 803. The Morgan fingerprint density at radius 1 is 1.29 bits per heavy atom. The fourth-order valence-electron chi connectivity index (χ4n) is 3.18. The maximum atomic E-state index is 13.4. The third-order valence-electron chi connectivity index (χ3n) is 4.70. The molecule has 24 heavy (non-hydrogen) atoms. The Balaban J connectivity index is 1.74. The summed E-state index contributed by atoms with van der Waals surface area (Å²) in [5.41, 5.74) is 2.06. The summed E-state index contributed by atoms with van der Waals surface area (Å²) in [6.07, 6.45) is 1.94. The van der Waals surface area contributed by atoms with E-state index in [1.807, 2.05) is 6.92 Å². The van der Waals surface area contributed by atoms with E-state index in [4.69, 9.17) is 0 Å². The smallest absolute Gasteiger partial charge is 0.254 e. The summed E-state index contributed by atoms with van der Waals surface area (Å²) < 4.78 is 26.4. The predicted octanol–water partition coefficient (Wildman–Crippen LogP) is 3.04. The minimum atomic E-state index is -0.827. The average Bonchev–Trinajstić information content (AvgIpc) is 2.56. The van der Waals surface area contributed by atoms with Gasteiger partial charge in [0.15, 0.2) is 11.6 Å². The second-order valence-electron chi connectivity index (χ2n) is 6.48. The molecule has 6 heteroatoms. The highest BCUT2D eigenvalue weighted by atomic mass is 19.2. The Morgan fingerprint density at radius 2 is 2.08 bits per heavy atom. The van der Waals surface area contributed by atoms with Gasteiger partial charge in [-0.3, -0.25) is 9.69 Å². The van der Waals surface area contributed by atoms with Crippen LogP contribution in [0.5, 0.6) is 0 Å². The topological polar surface area (TPSA) is 49.0 Å². The quantitative estimate of drug-likeness (QED) is 0.939. The number of hydrogen-bond acceptors (Lipinski definition) is 3. The molecule has 1 saturated heterocycles. The summed E-state index contributed by atoms with van der Waals surface area (Å²) in [4.78, 5) is 21.6. The van der Waals surface area contributed by atoms with Gasteiger partial charge in [-0.05, 0) is 50.9 Å². The lowest BCUT2D eigenvalue weighted by molar-refractivity contribution is 0.196. The molecule has 0 bridgehead atoms. The molecule has 1 fully saturated rings. The molecule has 0 spiro atoms. The standard InChI is InChI=1S/C18H21F2N3O/c1-11-12(2)21-17(22-18(11)24)14-4-3-7-23(10-14)9-13-5-6-15(19)16(20)8-13/h5-6,8,14H,3-4,7,9-10H2,1-2H3,(H,21,22,24)/t14-/m1/s1. The van der Waals surface area contributed by atoms with Crippen LogP contribution in [0.2, 0.25) is 0 Å². The van der Waals surface area contributed by atoms with Crippen molar-refractivity contribution in [1.29, 1.82) is 0 Å². The largest absolute Gasteiger partial charge is 0.310 e. The molecule has 1 N–H and O–H groups in total. The van der Waals surface area contributed by atoms with Gasteiger partial charge in [0.2, 0.25) is 0 Å². The van der Waals surface area contributed by atoms with Crippen molar-refractivity contribution >= 4 is 0 Å². The highest BCUT2D eigenvalue weighted by Gasteiger charge is 2.24. The van der Waals surface area contributed by atoms with Crippen molar-refractivity contribution in [2.75, 3.05) is 13.1 Å². The molecular formula is C18H21F2N3O. The van der Waals surface area contributed by atoms with Crippen molar-refractivity contribution in [3.05, 3.63) is 62.8 Å². The van der Waals surface area contributed by atoms with Crippen molar-refractivity contribution in [1.82, 2.24) is 14.9 Å². The number of hydrogen-bond donors (Lipinski definition) is 1. The van der Waals surface area contributed by atoms with Crippen LogP contribution in [0, 0.1) is 25.5 Å².